The Bertz CT molecular complexity index is 20.9. The fourth-order valence-corrected chi connectivity index (χ4v) is 0. The van der Waals surface area contributed by atoms with Crippen LogP contribution in [-0.2, 0) is 3.80 Å². The standard InChI is InChI=1S/Al.HNO2.O/c;2-1-3;/h;(H,2,3);. The van der Waals surface area contributed by atoms with Gasteiger partial charge in [-0.2, -0.15) is 0 Å². The molecule has 0 heterocycles. The van der Waals surface area contributed by atoms with E-state index in [1.165, 1.54) is 21.6 Å². The van der Waals surface area contributed by atoms with Gasteiger partial charge in [-0.25, -0.2) is 0 Å². The maximum atomic E-state index is 8.17. The molecule has 5 heavy (non-hydrogen) atoms. The molecule has 0 aromatic carbocycles. The summed E-state index contributed by atoms with van der Waals surface area (Å²) in [6.07, 6.45) is 0. The molecule has 0 saturated heterocycles. The molecular weight excluding hydrogens is 89.0 g/mol. The molecule has 27 valence electrons. The summed E-state index contributed by atoms with van der Waals surface area (Å²) < 4.78 is 8.17. The van der Waals surface area contributed by atoms with Crippen LogP contribution in [0.4, 0.5) is 0 Å². The van der Waals surface area contributed by atoms with E-state index in [9.17, 15) is 0 Å². The second-order valence-corrected chi connectivity index (χ2v) is 0.0816. The van der Waals surface area contributed by atoms with E-state index in [0.29, 0.717) is 0 Å². The molecule has 1 N–H and O–H groups in total. The van der Waals surface area contributed by atoms with Crippen LogP contribution in [0.1, 0.15) is 0 Å². The zero-order valence-electron chi connectivity index (χ0n) is 2.29. The Morgan fingerprint density at radius 1 is 1.60 bits per heavy atom. The molecule has 0 atom stereocenters. The molecule has 0 fully saturated rings. The minimum atomic E-state index is 1.17. The predicted molar refractivity (Wildman–Crippen MR) is 14.0 cm³/mol. The quantitative estimate of drug-likeness (QED) is 0.251. The first-order valence-electron chi connectivity index (χ1n) is 0.618. The van der Waals surface area contributed by atoms with Gasteiger partial charge in [0, 0.05) is 0 Å². The molecule has 0 unspecified atom stereocenters. The van der Waals surface area contributed by atoms with Gasteiger partial charge in [0.2, 0.25) is 0 Å². The van der Waals surface area contributed by atoms with Crippen molar-refractivity contribution in [2.75, 3.05) is 0 Å². The van der Waals surface area contributed by atoms with E-state index in [0.717, 1.165) is 0 Å². The summed E-state index contributed by atoms with van der Waals surface area (Å²) in [4.78, 5) is 8.11. The van der Waals surface area contributed by atoms with Crippen molar-refractivity contribution in [3.05, 3.63) is 4.91 Å². The Morgan fingerprint density at radius 2 is 1.60 bits per heavy atom. The van der Waals surface area contributed by atoms with E-state index in [1.807, 2.05) is 0 Å². The Morgan fingerprint density at radius 3 is 1.60 bits per heavy atom. The summed E-state index contributed by atoms with van der Waals surface area (Å²) >= 11 is 1.17. The summed E-state index contributed by atoms with van der Waals surface area (Å²) in [6, 6.07) is 0. The third kappa shape index (κ3) is 157. The van der Waals surface area contributed by atoms with Crippen molar-refractivity contribution in [1.82, 2.24) is 0 Å². The number of nitrogens with zero attached hydrogens (tertiary/aromatic N) is 1. The zero-order chi connectivity index (χ0) is 4.71. The first-order chi connectivity index (χ1) is 2.41. The van der Waals surface area contributed by atoms with Crippen molar-refractivity contribution in [1.29, 1.82) is 0 Å². The number of rotatable bonds is 0. The second-order valence-electron chi connectivity index (χ2n) is 0.0816. The molecule has 0 spiro atoms. The van der Waals surface area contributed by atoms with Crippen LogP contribution in [0.5, 0.6) is 0 Å². The number of hydrogen-bond acceptors (Lipinski definition) is 3. The van der Waals surface area contributed by atoms with Gasteiger partial charge in [0.15, 0.2) is 5.34 Å². The molecule has 0 amide bonds. The molecule has 4 nitrogen and oxygen atoms in total. The SMILES string of the molecule is O=NO.[O]=[Al]. The fourth-order valence-electron chi connectivity index (χ4n) is 0. The average molecular weight is 90.0 g/mol. The normalized spacial score (nSPS) is 3.00. The first-order valence-corrected chi connectivity index (χ1v) is 1.09. The van der Waals surface area contributed by atoms with Crippen LogP contribution in [0.2, 0.25) is 0 Å². The van der Waals surface area contributed by atoms with Gasteiger partial charge >= 0.3 is 20.0 Å². The molecule has 0 aliphatic carbocycles. The number of hydrogen-bond donors (Lipinski definition) is 1. The Labute approximate surface area is 36.4 Å². The summed E-state index contributed by atoms with van der Waals surface area (Å²) in [6.45, 7) is 0. The Kier molecular flexibility index (Phi) is 91.7. The molecule has 0 aromatic rings. The molecule has 0 aromatic heterocycles. The van der Waals surface area contributed by atoms with Crippen molar-refractivity contribution >= 4 is 16.2 Å². The van der Waals surface area contributed by atoms with Crippen LogP contribution in [0.15, 0.2) is 5.34 Å². The fraction of sp³-hybridized carbons (Fsp3) is 0. The van der Waals surface area contributed by atoms with Gasteiger partial charge < -0.3 is 5.21 Å². The Balaban J connectivity index is 0. The van der Waals surface area contributed by atoms with Crippen molar-refractivity contribution in [2.24, 2.45) is 5.34 Å². The summed E-state index contributed by atoms with van der Waals surface area (Å²) in [5.74, 6) is 0. The van der Waals surface area contributed by atoms with Crippen molar-refractivity contribution in [3.8, 4) is 0 Å². The Hall–Kier alpha value is -0.268. The molecule has 5 heteroatoms. The van der Waals surface area contributed by atoms with Gasteiger partial charge in [-0.3, -0.25) is 0 Å². The van der Waals surface area contributed by atoms with Crippen LogP contribution in [0.25, 0.3) is 0 Å². The third-order valence-electron chi connectivity index (χ3n) is 0. The van der Waals surface area contributed by atoms with Crippen molar-refractivity contribution in [2.45, 2.75) is 0 Å². The van der Waals surface area contributed by atoms with E-state index in [-0.39, 0.29) is 0 Å². The molecule has 0 saturated carbocycles. The van der Waals surface area contributed by atoms with Crippen LogP contribution in [0.3, 0.4) is 0 Å². The van der Waals surface area contributed by atoms with Gasteiger partial charge in [0.25, 0.3) is 0 Å². The molecule has 1 radical (unpaired) electrons. The first kappa shape index (κ1) is 8.83. The van der Waals surface area contributed by atoms with Gasteiger partial charge in [-0.15, -0.1) is 4.91 Å². The minimum absolute atomic E-state index is 1.17. The maximum absolute atomic E-state index is 8.17. The van der Waals surface area contributed by atoms with Crippen LogP contribution in [0, 0.1) is 4.91 Å². The van der Waals surface area contributed by atoms with Crippen LogP contribution < -0.4 is 0 Å². The van der Waals surface area contributed by atoms with Crippen LogP contribution >= 0.6 is 0 Å². The zero-order valence-corrected chi connectivity index (χ0v) is 3.44. The molecule has 0 aliphatic rings. The van der Waals surface area contributed by atoms with Gasteiger partial charge in [-0.05, 0) is 0 Å². The molecular formula is HAlNO3. The van der Waals surface area contributed by atoms with Crippen molar-refractivity contribution < 1.29 is 9.01 Å². The summed E-state index contributed by atoms with van der Waals surface area (Å²) in [5, 5.41) is 7.89. The summed E-state index contributed by atoms with van der Waals surface area (Å²) in [5.41, 5.74) is 0. The van der Waals surface area contributed by atoms with E-state index in [4.69, 9.17) is 13.9 Å². The van der Waals surface area contributed by atoms with Gasteiger partial charge in [-0.1, -0.05) is 0 Å². The molecule has 0 rings (SSSR count). The van der Waals surface area contributed by atoms with E-state index < -0.39 is 0 Å². The van der Waals surface area contributed by atoms with Crippen LogP contribution in [-0.4, -0.2) is 21.4 Å². The van der Waals surface area contributed by atoms with Gasteiger partial charge in [0.1, 0.15) is 0 Å². The predicted octanol–water partition coefficient (Wildman–Crippen LogP) is -0.358. The summed E-state index contributed by atoms with van der Waals surface area (Å²) in [7, 11) is 0. The molecule has 0 aliphatic heterocycles. The average Bonchev–Trinajstić information content (AvgIpc) is 1.46. The third-order valence-corrected chi connectivity index (χ3v) is 0. The van der Waals surface area contributed by atoms with E-state index in [1.54, 1.807) is 0 Å². The van der Waals surface area contributed by atoms with E-state index >= 15 is 0 Å². The second kappa shape index (κ2) is 51.9. The van der Waals surface area contributed by atoms with Crippen molar-refractivity contribution in [3.63, 3.8) is 0 Å². The van der Waals surface area contributed by atoms with Gasteiger partial charge in [0.05, 0.1) is 0 Å². The molecule has 0 bridgehead atoms. The topological polar surface area (TPSA) is 66.7 Å². The van der Waals surface area contributed by atoms with E-state index in [2.05, 4.69) is 0 Å². The monoisotopic (exact) mass is 90.0 g/mol.